The molecule has 0 spiro atoms. The summed E-state index contributed by atoms with van der Waals surface area (Å²) in [6.07, 6.45) is 3.64. The molecule has 3 nitrogen and oxygen atoms in total. The van der Waals surface area contributed by atoms with Crippen molar-refractivity contribution in [3.05, 3.63) is 53.7 Å². The molecule has 2 aromatic rings. The number of nitrogens with two attached hydrogens (primary N) is 1. The number of halogens is 1. The number of anilines is 1. The smallest absolute Gasteiger partial charge is 0.142 e. The van der Waals surface area contributed by atoms with Crippen molar-refractivity contribution >= 4 is 5.82 Å². The summed E-state index contributed by atoms with van der Waals surface area (Å²) in [7, 11) is 0. The van der Waals surface area contributed by atoms with Crippen molar-refractivity contribution in [2.45, 2.75) is 6.42 Å². The van der Waals surface area contributed by atoms with E-state index in [2.05, 4.69) is 9.97 Å². The predicted octanol–water partition coefficient (Wildman–Crippen LogP) is 1.79. The van der Waals surface area contributed by atoms with E-state index in [0.29, 0.717) is 12.2 Å². The van der Waals surface area contributed by atoms with E-state index in [1.807, 2.05) is 6.07 Å². The van der Waals surface area contributed by atoms with Crippen LogP contribution < -0.4 is 5.73 Å². The van der Waals surface area contributed by atoms with Crippen LogP contribution in [0.2, 0.25) is 0 Å². The van der Waals surface area contributed by atoms with Crippen molar-refractivity contribution in [1.82, 2.24) is 9.97 Å². The Morgan fingerprint density at radius 2 is 2.13 bits per heavy atom. The number of nitrogens with zero attached hydrogens (tertiary/aromatic N) is 2. The zero-order valence-electron chi connectivity index (χ0n) is 8.02. The number of benzene rings is 1. The number of nitrogen functional groups attached to an aromatic ring is 1. The van der Waals surface area contributed by atoms with E-state index in [1.54, 1.807) is 12.3 Å². The second-order valence-electron chi connectivity index (χ2n) is 3.24. The first kappa shape index (κ1) is 9.58. The second kappa shape index (κ2) is 4.04. The van der Waals surface area contributed by atoms with Crippen LogP contribution in [0.5, 0.6) is 0 Å². The van der Waals surface area contributed by atoms with Crippen LogP contribution >= 0.6 is 0 Å². The summed E-state index contributed by atoms with van der Waals surface area (Å²) in [4.78, 5) is 8.01. The molecule has 0 bridgehead atoms. The normalized spacial score (nSPS) is 10.2. The Balaban J connectivity index is 2.22. The Bertz CT molecular complexity index is 427. The number of hydrogen-bond acceptors (Lipinski definition) is 3. The molecular formula is C11H10FN3. The van der Waals surface area contributed by atoms with Gasteiger partial charge in [0.05, 0.1) is 11.9 Å². The van der Waals surface area contributed by atoms with Crippen LogP contribution in [0.4, 0.5) is 10.2 Å². The Hall–Kier alpha value is -1.97. The molecule has 0 saturated carbocycles. The van der Waals surface area contributed by atoms with E-state index in [9.17, 15) is 4.39 Å². The summed E-state index contributed by atoms with van der Waals surface area (Å²) < 4.78 is 12.9. The second-order valence-corrected chi connectivity index (χ2v) is 3.24. The summed E-state index contributed by atoms with van der Waals surface area (Å²) in [5.74, 6) is 0.133. The van der Waals surface area contributed by atoms with Crippen molar-refractivity contribution in [3.63, 3.8) is 0 Å². The van der Waals surface area contributed by atoms with E-state index in [1.165, 1.54) is 18.3 Å². The SMILES string of the molecule is Nc1cncc(Cc2cccc(F)c2)n1. The number of hydrogen-bond donors (Lipinski definition) is 1. The van der Waals surface area contributed by atoms with Gasteiger partial charge in [0, 0.05) is 12.6 Å². The van der Waals surface area contributed by atoms with Gasteiger partial charge in [0.1, 0.15) is 11.6 Å². The van der Waals surface area contributed by atoms with Crippen molar-refractivity contribution in [2.75, 3.05) is 5.73 Å². The lowest BCUT2D eigenvalue weighted by Gasteiger charge is -2.01. The summed E-state index contributed by atoms with van der Waals surface area (Å²) >= 11 is 0. The quantitative estimate of drug-likeness (QED) is 0.809. The highest BCUT2D eigenvalue weighted by Gasteiger charge is 2.00. The number of aromatic nitrogens is 2. The van der Waals surface area contributed by atoms with Gasteiger partial charge in [-0.05, 0) is 17.7 Å². The molecule has 1 aromatic heterocycles. The average Bonchev–Trinajstić information content (AvgIpc) is 2.17. The first-order chi connectivity index (χ1) is 7.24. The molecule has 0 atom stereocenters. The third-order valence-corrected chi connectivity index (χ3v) is 1.98. The molecule has 0 amide bonds. The maximum Gasteiger partial charge on any atom is 0.142 e. The summed E-state index contributed by atoms with van der Waals surface area (Å²) in [6.45, 7) is 0. The molecule has 0 saturated heterocycles. The lowest BCUT2D eigenvalue weighted by molar-refractivity contribution is 0.626. The Morgan fingerprint density at radius 1 is 1.27 bits per heavy atom. The fraction of sp³-hybridized carbons (Fsp3) is 0.0909. The minimum Gasteiger partial charge on any atom is -0.382 e. The zero-order valence-corrected chi connectivity index (χ0v) is 8.02. The van der Waals surface area contributed by atoms with Crippen molar-refractivity contribution in [3.8, 4) is 0 Å². The van der Waals surface area contributed by atoms with Crippen LogP contribution in [0.3, 0.4) is 0 Å². The van der Waals surface area contributed by atoms with Gasteiger partial charge >= 0.3 is 0 Å². The summed E-state index contributed by atoms with van der Waals surface area (Å²) in [5, 5.41) is 0. The van der Waals surface area contributed by atoms with E-state index >= 15 is 0 Å². The molecule has 0 aliphatic heterocycles. The first-order valence-corrected chi connectivity index (χ1v) is 4.55. The predicted molar refractivity (Wildman–Crippen MR) is 55.7 cm³/mol. The lowest BCUT2D eigenvalue weighted by Crippen LogP contribution is -1.98. The average molecular weight is 203 g/mol. The van der Waals surface area contributed by atoms with Gasteiger partial charge < -0.3 is 5.73 Å². The van der Waals surface area contributed by atoms with E-state index < -0.39 is 0 Å². The molecule has 2 rings (SSSR count). The minimum atomic E-state index is -0.246. The van der Waals surface area contributed by atoms with Crippen LogP contribution in [0.1, 0.15) is 11.3 Å². The third kappa shape index (κ3) is 2.49. The van der Waals surface area contributed by atoms with E-state index in [4.69, 9.17) is 5.73 Å². The molecule has 0 unspecified atom stereocenters. The minimum absolute atomic E-state index is 0.246. The Morgan fingerprint density at radius 3 is 2.87 bits per heavy atom. The zero-order chi connectivity index (χ0) is 10.7. The molecule has 1 aromatic carbocycles. The topological polar surface area (TPSA) is 51.8 Å². The third-order valence-electron chi connectivity index (χ3n) is 1.98. The maximum absolute atomic E-state index is 12.9. The highest BCUT2D eigenvalue weighted by atomic mass is 19.1. The fourth-order valence-corrected chi connectivity index (χ4v) is 1.36. The fourth-order valence-electron chi connectivity index (χ4n) is 1.36. The highest BCUT2D eigenvalue weighted by molar-refractivity contribution is 5.27. The van der Waals surface area contributed by atoms with Crippen molar-refractivity contribution in [1.29, 1.82) is 0 Å². The molecule has 4 heteroatoms. The number of rotatable bonds is 2. The van der Waals surface area contributed by atoms with Crippen molar-refractivity contribution in [2.24, 2.45) is 0 Å². The monoisotopic (exact) mass is 203 g/mol. The van der Waals surface area contributed by atoms with E-state index in [0.717, 1.165) is 11.3 Å². The molecule has 0 aliphatic carbocycles. The van der Waals surface area contributed by atoms with Gasteiger partial charge in [0.25, 0.3) is 0 Å². The molecule has 0 fully saturated rings. The highest BCUT2D eigenvalue weighted by Crippen LogP contribution is 2.09. The maximum atomic E-state index is 12.9. The molecule has 15 heavy (non-hydrogen) atoms. The van der Waals surface area contributed by atoms with Crippen molar-refractivity contribution < 1.29 is 4.39 Å². The van der Waals surface area contributed by atoms with Crippen LogP contribution in [-0.4, -0.2) is 9.97 Å². The van der Waals surface area contributed by atoms with Gasteiger partial charge in [-0.3, -0.25) is 4.98 Å². The largest absolute Gasteiger partial charge is 0.382 e. The summed E-state index contributed by atoms with van der Waals surface area (Å²) in [6, 6.07) is 6.40. The Labute approximate surface area is 86.8 Å². The molecular weight excluding hydrogens is 193 g/mol. The van der Waals surface area contributed by atoms with Gasteiger partial charge in [-0.25, -0.2) is 9.37 Å². The first-order valence-electron chi connectivity index (χ1n) is 4.55. The van der Waals surface area contributed by atoms with Crippen LogP contribution in [0.15, 0.2) is 36.7 Å². The molecule has 76 valence electrons. The van der Waals surface area contributed by atoms with Crippen LogP contribution in [-0.2, 0) is 6.42 Å². The van der Waals surface area contributed by atoms with Gasteiger partial charge in [-0.2, -0.15) is 0 Å². The van der Waals surface area contributed by atoms with Gasteiger partial charge in [0.2, 0.25) is 0 Å². The van der Waals surface area contributed by atoms with Crippen LogP contribution in [0.25, 0.3) is 0 Å². The Kier molecular flexibility index (Phi) is 2.58. The molecule has 1 heterocycles. The lowest BCUT2D eigenvalue weighted by atomic mass is 10.1. The van der Waals surface area contributed by atoms with Gasteiger partial charge in [-0.15, -0.1) is 0 Å². The molecule has 0 aliphatic rings. The van der Waals surface area contributed by atoms with Gasteiger partial charge in [0.15, 0.2) is 0 Å². The standard InChI is InChI=1S/C11H10FN3/c12-9-3-1-2-8(4-9)5-10-6-14-7-11(13)15-10/h1-4,6-7H,5H2,(H2,13,15). The van der Waals surface area contributed by atoms with E-state index in [-0.39, 0.29) is 5.82 Å². The van der Waals surface area contributed by atoms with Crippen LogP contribution in [0, 0.1) is 5.82 Å². The molecule has 0 radical (unpaired) electrons. The van der Waals surface area contributed by atoms with Gasteiger partial charge in [-0.1, -0.05) is 12.1 Å². The molecule has 2 N–H and O–H groups in total. The summed E-state index contributed by atoms with van der Waals surface area (Å²) in [5.41, 5.74) is 7.09.